The molecule has 2 N–H and O–H groups in total. The molecule has 1 aliphatic heterocycles. The molecule has 40 heavy (non-hydrogen) atoms. The predicted molar refractivity (Wildman–Crippen MR) is 159 cm³/mol. The third kappa shape index (κ3) is 6.95. The number of hydrogen-bond acceptors (Lipinski definition) is 4. The highest BCUT2D eigenvalue weighted by atomic mass is 16.5. The average molecular weight is 549 g/mol. The molecule has 2 aliphatic rings. The van der Waals surface area contributed by atoms with Crippen LogP contribution in [0.5, 0.6) is 5.75 Å². The van der Waals surface area contributed by atoms with Crippen LogP contribution in [0, 0.1) is 25.7 Å². The number of rotatable bonds is 7. The van der Waals surface area contributed by atoms with E-state index in [0.29, 0.717) is 28.5 Å². The highest BCUT2D eigenvalue weighted by molar-refractivity contribution is 6.08. The van der Waals surface area contributed by atoms with Crippen LogP contribution >= 0.6 is 0 Å². The Kier molecular flexibility index (Phi) is 10.1. The van der Waals surface area contributed by atoms with E-state index in [0.717, 1.165) is 61.4 Å². The Morgan fingerprint density at radius 1 is 1.10 bits per heavy atom. The summed E-state index contributed by atoms with van der Waals surface area (Å²) in [6.45, 7) is 8.53. The van der Waals surface area contributed by atoms with E-state index in [1.165, 1.54) is 39.2 Å². The molecule has 2 amide bonds. The molecule has 8 nitrogen and oxygen atoms in total. The first kappa shape index (κ1) is 29.4. The number of nitrogens with zero attached hydrogens (tertiary/aromatic N) is 2. The van der Waals surface area contributed by atoms with E-state index in [9.17, 15) is 14.4 Å². The number of pyridine rings is 1. The summed E-state index contributed by atoms with van der Waals surface area (Å²) < 4.78 is 7.56. The van der Waals surface area contributed by atoms with Crippen LogP contribution in [-0.4, -0.2) is 47.0 Å². The first-order chi connectivity index (χ1) is 19.3. The first-order valence-corrected chi connectivity index (χ1v) is 14.6. The Balaban J connectivity index is 0.000000461. The Morgan fingerprint density at radius 3 is 2.42 bits per heavy atom. The summed E-state index contributed by atoms with van der Waals surface area (Å²) in [5.41, 5.74) is 3.36. The van der Waals surface area contributed by atoms with Crippen LogP contribution in [0.25, 0.3) is 10.9 Å². The van der Waals surface area contributed by atoms with Crippen molar-refractivity contribution in [1.29, 1.82) is 0 Å². The van der Waals surface area contributed by atoms with Crippen molar-refractivity contribution in [1.82, 2.24) is 19.8 Å². The van der Waals surface area contributed by atoms with Gasteiger partial charge in [0.25, 0.3) is 11.5 Å². The van der Waals surface area contributed by atoms with E-state index < -0.39 is 0 Å². The van der Waals surface area contributed by atoms with Crippen LogP contribution in [0.1, 0.15) is 79.2 Å². The van der Waals surface area contributed by atoms with Crippen LogP contribution in [0.15, 0.2) is 35.1 Å². The van der Waals surface area contributed by atoms with E-state index in [1.807, 2.05) is 36.1 Å². The predicted octanol–water partition coefficient (Wildman–Crippen LogP) is 5.34. The number of para-hydroxylation sites is 1. The van der Waals surface area contributed by atoms with Gasteiger partial charge in [-0.15, -0.1) is 0 Å². The van der Waals surface area contributed by atoms with Gasteiger partial charge >= 0.3 is 0 Å². The van der Waals surface area contributed by atoms with E-state index in [4.69, 9.17) is 4.74 Å². The molecule has 216 valence electrons. The average Bonchev–Trinajstić information content (AvgIpc) is 3.24. The summed E-state index contributed by atoms with van der Waals surface area (Å²) in [4.78, 5) is 41.3. The smallest absolute Gasteiger partial charge is 0.256 e. The molecule has 0 spiro atoms. The van der Waals surface area contributed by atoms with Gasteiger partial charge < -0.3 is 24.5 Å². The number of fused-ring (bicyclic) bond motifs is 1. The molecular formula is C32H44N4O4. The number of ether oxygens (including phenoxy) is 1. The number of nitrogens with one attached hydrogen (secondary N) is 2. The lowest BCUT2D eigenvalue weighted by atomic mass is 9.91. The van der Waals surface area contributed by atoms with Crippen LogP contribution in [-0.2, 0) is 17.9 Å². The van der Waals surface area contributed by atoms with Crippen molar-refractivity contribution in [3.8, 4) is 5.75 Å². The zero-order chi connectivity index (χ0) is 28.6. The third-order valence-corrected chi connectivity index (χ3v) is 8.47. The molecule has 1 aliphatic carbocycles. The minimum absolute atomic E-state index is 0.0702. The van der Waals surface area contributed by atoms with E-state index in [2.05, 4.69) is 21.8 Å². The molecule has 0 unspecified atom stereocenters. The molecule has 3 aromatic rings. The molecule has 3 heterocycles. The van der Waals surface area contributed by atoms with Gasteiger partial charge in [0.05, 0.1) is 24.8 Å². The number of carbonyl (C=O) groups excluding carboxylic acids is 2. The maximum absolute atomic E-state index is 13.3. The van der Waals surface area contributed by atoms with Crippen LogP contribution < -0.4 is 15.6 Å². The number of benzene rings is 1. The third-order valence-electron chi connectivity index (χ3n) is 8.47. The lowest BCUT2D eigenvalue weighted by Gasteiger charge is -2.30. The monoisotopic (exact) mass is 548 g/mol. The standard InChI is InChI=1S/C25H30N4O4.C7H14/c1-16-12-22(33-3)20(24(31)27-16)13-26-25(32)23-17(2)29(21-7-5-4-6-19(21)23)14-18-8-10-28(15-30)11-9-18;1-7-5-3-2-4-6-7/h4-7,12,15,18H,8-11,13-14H2,1-3H3,(H,26,32)(H,27,31);7H,2-6H2,1H3. The summed E-state index contributed by atoms with van der Waals surface area (Å²) >= 11 is 0. The van der Waals surface area contributed by atoms with Gasteiger partial charge in [0.1, 0.15) is 5.75 Å². The normalized spacial score (nSPS) is 16.4. The minimum atomic E-state index is -0.270. The van der Waals surface area contributed by atoms with E-state index in [-0.39, 0.29) is 18.0 Å². The Morgan fingerprint density at radius 2 is 1.80 bits per heavy atom. The second kappa shape index (κ2) is 13.7. The summed E-state index contributed by atoms with van der Waals surface area (Å²) in [5, 5.41) is 3.81. The number of aryl methyl sites for hydroxylation is 1. The zero-order valence-electron chi connectivity index (χ0n) is 24.4. The van der Waals surface area contributed by atoms with Gasteiger partial charge in [0, 0.05) is 41.9 Å². The van der Waals surface area contributed by atoms with Crippen LogP contribution in [0.3, 0.4) is 0 Å². The Hall–Kier alpha value is -3.55. The number of piperidine rings is 1. The quantitative estimate of drug-likeness (QED) is 0.390. The fourth-order valence-electron chi connectivity index (χ4n) is 6.05. The van der Waals surface area contributed by atoms with E-state index in [1.54, 1.807) is 13.0 Å². The fraction of sp³-hybridized carbons (Fsp3) is 0.531. The van der Waals surface area contributed by atoms with Gasteiger partial charge in [-0.3, -0.25) is 14.4 Å². The van der Waals surface area contributed by atoms with Gasteiger partial charge in [-0.05, 0) is 50.7 Å². The van der Waals surface area contributed by atoms with Gasteiger partial charge in [-0.2, -0.15) is 0 Å². The van der Waals surface area contributed by atoms with Crippen molar-refractivity contribution in [3.05, 3.63) is 63.2 Å². The maximum Gasteiger partial charge on any atom is 0.256 e. The van der Waals surface area contributed by atoms with Crippen molar-refractivity contribution in [2.75, 3.05) is 20.2 Å². The second-order valence-electron chi connectivity index (χ2n) is 11.4. The molecule has 5 rings (SSSR count). The first-order valence-electron chi connectivity index (χ1n) is 14.6. The highest BCUT2D eigenvalue weighted by Gasteiger charge is 2.24. The topological polar surface area (TPSA) is 96.4 Å². The van der Waals surface area contributed by atoms with Crippen molar-refractivity contribution < 1.29 is 14.3 Å². The van der Waals surface area contributed by atoms with Gasteiger partial charge in [0.2, 0.25) is 6.41 Å². The molecule has 2 aromatic heterocycles. The van der Waals surface area contributed by atoms with Crippen molar-refractivity contribution in [2.45, 2.75) is 78.8 Å². The molecule has 8 heteroatoms. The second-order valence-corrected chi connectivity index (χ2v) is 11.4. The minimum Gasteiger partial charge on any atom is -0.496 e. The summed E-state index contributed by atoms with van der Waals surface area (Å²) in [6.07, 6.45) is 10.3. The molecular weight excluding hydrogens is 504 g/mol. The zero-order valence-corrected chi connectivity index (χ0v) is 24.4. The van der Waals surface area contributed by atoms with E-state index >= 15 is 0 Å². The molecule has 1 saturated carbocycles. The number of aromatic amines is 1. The highest BCUT2D eigenvalue weighted by Crippen LogP contribution is 2.29. The summed E-state index contributed by atoms with van der Waals surface area (Å²) in [6, 6.07) is 9.65. The van der Waals surface area contributed by atoms with Crippen molar-refractivity contribution >= 4 is 23.2 Å². The number of hydrogen-bond donors (Lipinski definition) is 2. The Labute approximate surface area is 237 Å². The summed E-state index contributed by atoms with van der Waals surface area (Å²) in [5.74, 6) is 1.72. The van der Waals surface area contributed by atoms with Gasteiger partial charge in [0.15, 0.2) is 0 Å². The lowest BCUT2D eigenvalue weighted by Crippen LogP contribution is -2.34. The molecule has 0 bridgehead atoms. The number of carbonyl (C=O) groups is 2. The molecule has 0 radical (unpaired) electrons. The number of likely N-dealkylation sites (tertiary alicyclic amines) is 1. The van der Waals surface area contributed by atoms with Gasteiger partial charge in [-0.1, -0.05) is 57.2 Å². The molecule has 0 atom stereocenters. The number of H-pyrrole nitrogens is 1. The van der Waals surface area contributed by atoms with Crippen LogP contribution in [0.2, 0.25) is 0 Å². The van der Waals surface area contributed by atoms with Gasteiger partial charge in [-0.25, -0.2) is 0 Å². The van der Waals surface area contributed by atoms with Crippen LogP contribution in [0.4, 0.5) is 0 Å². The maximum atomic E-state index is 13.3. The summed E-state index contributed by atoms with van der Waals surface area (Å²) in [7, 11) is 1.51. The lowest BCUT2D eigenvalue weighted by molar-refractivity contribution is -0.119. The largest absolute Gasteiger partial charge is 0.496 e. The molecule has 1 saturated heterocycles. The molecule has 2 fully saturated rings. The Bertz CT molecular complexity index is 1360. The number of aromatic nitrogens is 2. The SMILES string of the molecule is CC1CCCCC1.COc1cc(C)[nH]c(=O)c1CNC(=O)c1c(C)n(CC2CCN(C=O)CC2)c2ccccc12. The number of methoxy groups -OCH3 is 1. The van der Waals surface area contributed by atoms with Crippen molar-refractivity contribution in [3.63, 3.8) is 0 Å². The molecule has 1 aromatic carbocycles. The van der Waals surface area contributed by atoms with Crippen molar-refractivity contribution in [2.24, 2.45) is 11.8 Å². The number of amides is 2. The fourth-order valence-corrected chi connectivity index (χ4v) is 6.05.